The van der Waals surface area contributed by atoms with Gasteiger partial charge in [0.05, 0.1) is 0 Å². The fourth-order valence-corrected chi connectivity index (χ4v) is 2.85. The number of hydrogen-bond donors (Lipinski definition) is 0. The maximum atomic E-state index is 2.44. The molecule has 0 nitrogen and oxygen atoms in total. The Bertz CT molecular complexity index is 338. The Morgan fingerprint density at radius 2 is 1.93 bits per heavy atom. The van der Waals surface area contributed by atoms with Gasteiger partial charge >= 0.3 is 0 Å². The first-order valence-electron chi connectivity index (χ1n) is 5.71. The Morgan fingerprint density at radius 3 is 2.64 bits per heavy atom. The molecule has 1 atom stereocenters. The zero-order chi connectivity index (χ0) is 10.2. The summed E-state index contributed by atoms with van der Waals surface area (Å²) in [5, 5.41) is 0. The molecule has 0 spiro atoms. The molecular formula is C14H20. The lowest BCUT2D eigenvalue weighted by Gasteiger charge is -2.22. The highest BCUT2D eigenvalue weighted by Crippen LogP contribution is 2.40. The molecule has 0 saturated heterocycles. The number of rotatable bonds is 2. The van der Waals surface area contributed by atoms with Gasteiger partial charge in [0.25, 0.3) is 0 Å². The van der Waals surface area contributed by atoms with Gasteiger partial charge in [-0.25, -0.2) is 0 Å². The van der Waals surface area contributed by atoms with E-state index in [0.29, 0.717) is 5.41 Å². The van der Waals surface area contributed by atoms with E-state index < -0.39 is 0 Å². The molecule has 2 rings (SSSR count). The van der Waals surface area contributed by atoms with Gasteiger partial charge in [0.1, 0.15) is 0 Å². The van der Waals surface area contributed by atoms with Crippen molar-refractivity contribution in [2.75, 3.05) is 0 Å². The minimum Gasteiger partial charge on any atom is -0.0654 e. The van der Waals surface area contributed by atoms with Crippen molar-refractivity contribution in [3.63, 3.8) is 0 Å². The highest BCUT2D eigenvalue weighted by Gasteiger charge is 2.31. The topological polar surface area (TPSA) is 0 Å². The number of benzene rings is 1. The monoisotopic (exact) mass is 188 g/mol. The van der Waals surface area contributed by atoms with Crippen LogP contribution >= 0.6 is 0 Å². The summed E-state index contributed by atoms with van der Waals surface area (Å²) in [4.78, 5) is 0. The number of hydrogen-bond acceptors (Lipinski definition) is 0. The largest absolute Gasteiger partial charge is 0.0654 e. The van der Waals surface area contributed by atoms with E-state index in [1.54, 1.807) is 11.1 Å². The molecule has 0 N–H and O–H groups in total. The van der Waals surface area contributed by atoms with Gasteiger partial charge in [-0.15, -0.1) is 0 Å². The van der Waals surface area contributed by atoms with E-state index in [1.165, 1.54) is 31.2 Å². The summed E-state index contributed by atoms with van der Waals surface area (Å²) in [6, 6.07) is 6.94. The van der Waals surface area contributed by atoms with Crippen LogP contribution in [0.25, 0.3) is 0 Å². The van der Waals surface area contributed by atoms with Crippen LogP contribution in [0.4, 0.5) is 0 Å². The van der Waals surface area contributed by atoms with Crippen molar-refractivity contribution in [2.24, 2.45) is 5.41 Å². The average Bonchev–Trinajstić information content (AvgIpc) is 2.40. The Labute approximate surface area is 87.3 Å². The molecule has 1 unspecified atom stereocenters. The summed E-state index contributed by atoms with van der Waals surface area (Å²) in [5.74, 6) is 0. The molecule has 1 aromatic carbocycles. The Morgan fingerprint density at radius 1 is 1.21 bits per heavy atom. The van der Waals surface area contributed by atoms with Crippen LogP contribution in [0.5, 0.6) is 0 Å². The second-order valence-corrected chi connectivity index (χ2v) is 5.19. The van der Waals surface area contributed by atoms with Gasteiger partial charge in [0.15, 0.2) is 0 Å². The van der Waals surface area contributed by atoms with Crippen molar-refractivity contribution in [1.82, 2.24) is 0 Å². The molecule has 0 aliphatic heterocycles. The molecule has 0 bridgehead atoms. The van der Waals surface area contributed by atoms with Crippen molar-refractivity contribution in [3.8, 4) is 0 Å². The SMILES string of the molecule is CCCC1(C)Cc2ccc(C)cc2C1. The Hall–Kier alpha value is -0.780. The molecule has 0 amide bonds. The number of aryl methyl sites for hydroxylation is 1. The van der Waals surface area contributed by atoms with Gasteiger partial charge in [-0.1, -0.05) is 44.0 Å². The molecule has 0 saturated carbocycles. The molecule has 1 aliphatic carbocycles. The summed E-state index contributed by atoms with van der Waals surface area (Å²) in [7, 11) is 0. The van der Waals surface area contributed by atoms with Crippen molar-refractivity contribution < 1.29 is 0 Å². The van der Waals surface area contributed by atoms with Crippen LogP contribution in [0, 0.1) is 12.3 Å². The molecule has 0 aromatic heterocycles. The smallest absolute Gasteiger partial charge is 0.0219 e. The molecule has 1 aliphatic rings. The predicted octanol–water partition coefficient (Wildman–Crippen LogP) is 3.90. The molecule has 1 aromatic rings. The maximum absolute atomic E-state index is 2.44. The summed E-state index contributed by atoms with van der Waals surface area (Å²) in [5.41, 5.74) is 5.14. The zero-order valence-electron chi connectivity index (χ0n) is 9.56. The Balaban J connectivity index is 2.25. The molecule has 76 valence electrons. The first-order valence-corrected chi connectivity index (χ1v) is 5.71. The van der Waals surface area contributed by atoms with Crippen LogP contribution in [0.3, 0.4) is 0 Å². The molecular weight excluding hydrogens is 168 g/mol. The molecule has 0 heteroatoms. The summed E-state index contributed by atoms with van der Waals surface area (Å²) in [6.45, 7) is 6.92. The summed E-state index contributed by atoms with van der Waals surface area (Å²) < 4.78 is 0. The average molecular weight is 188 g/mol. The van der Waals surface area contributed by atoms with Crippen molar-refractivity contribution in [3.05, 3.63) is 34.9 Å². The minimum atomic E-state index is 0.547. The highest BCUT2D eigenvalue weighted by molar-refractivity contribution is 5.37. The van der Waals surface area contributed by atoms with Crippen LogP contribution in [0.15, 0.2) is 18.2 Å². The van der Waals surface area contributed by atoms with Crippen LogP contribution in [-0.2, 0) is 12.8 Å². The molecule has 0 radical (unpaired) electrons. The number of fused-ring (bicyclic) bond motifs is 1. The third-order valence-electron chi connectivity index (χ3n) is 3.45. The van der Waals surface area contributed by atoms with E-state index >= 15 is 0 Å². The van der Waals surface area contributed by atoms with E-state index in [9.17, 15) is 0 Å². The third kappa shape index (κ3) is 1.70. The van der Waals surface area contributed by atoms with Gasteiger partial charge < -0.3 is 0 Å². The van der Waals surface area contributed by atoms with Crippen LogP contribution in [-0.4, -0.2) is 0 Å². The fourth-order valence-electron chi connectivity index (χ4n) is 2.85. The first kappa shape index (κ1) is 9.76. The Kier molecular flexibility index (Phi) is 2.38. The van der Waals surface area contributed by atoms with Gasteiger partial charge in [0.2, 0.25) is 0 Å². The molecule has 14 heavy (non-hydrogen) atoms. The van der Waals surface area contributed by atoms with Gasteiger partial charge in [0, 0.05) is 0 Å². The zero-order valence-corrected chi connectivity index (χ0v) is 9.56. The van der Waals surface area contributed by atoms with Crippen LogP contribution in [0.1, 0.15) is 43.4 Å². The van der Waals surface area contributed by atoms with E-state index in [0.717, 1.165) is 0 Å². The van der Waals surface area contributed by atoms with E-state index in [4.69, 9.17) is 0 Å². The van der Waals surface area contributed by atoms with Gasteiger partial charge in [-0.3, -0.25) is 0 Å². The second kappa shape index (κ2) is 3.42. The molecule has 0 fully saturated rings. The second-order valence-electron chi connectivity index (χ2n) is 5.19. The van der Waals surface area contributed by atoms with E-state index in [1.807, 2.05) is 0 Å². The lowest BCUT2D eigenvalue weighted by Crippen LogP contribution is -2.15. The van der Waals surface area contributed by atoms with Crippen LogP contribution in [0.2, 0.25) is 0 Å². The van der Waals surface area contributed by atoms with E-state index in [-0.39, 0.29) is 0 Å². The van der Waals surface area contributed by atoms with Crippen molar-refractivity contribution >= 4 is 0 Å². The van der Waals surface area contributed by atoms with Crippen LogP contribution < -0.4 is 0 Å². The molecule has 0 heterocycles. The highest BCUT2D eigenvalue weighted by atomic mass is 14.4. The van der Waals surface area contributed by atoms with Gasteiger partial charge in [-0.05, 0) is 42.7 Å². The first-order chi connectivity index (χ1) is 6.63. The minimum absolute atomic E-state index is 0.547. The lowest BCUT2D eigenvalue weighted by molar-refractivity contribution is 0.313. The summed E-state index contributed by atoms with van der Waals surface area (Å²) >= 11 is 0. The van der Waals surface area contributed by atoms with Gasteiger partial charge in [-0.2, -0.15) is 0 Å². The third-order valence-corrected chi connectivity index (χ3v) is 3.45. The summed E-state index contributed by atoms with van der Waals surface area (Å²) in [6.07, 6.45) is 5.25. The van der Waals surface area contributed by atoms with E-state index in [2.05, 4.69) is 39.0 Å². The fraction of sp³-hybridized carbons (Fsp3) is 0.571. The maximum Gasteiger partial charge on any atom is -0.0219 e. The standard InChI is InChI=1S/C14H20/c1-4-7-14(3)9-12-6-5-11(2)8-13(12)10-14/h5-6,8H,4,7,9-10H2,1-3H3. The normalized spacial score (nSPS) is 25.1. The lowest BCUT2D eigenvalue weighted by atomic mass is 9.83. The quantitative estimate of drug-likeness (QED) is 0.660. The van der Waals surface area contributed by atoms with Crippen molar-refractivity contribution in [2.45, 2.75) is 46.5 Å². The predicted molar refractivity (Wildman–Crippen MR) is 61.6 cm³/mol. The van der Waals surface area contributed by atoms with Crippen molar-refractivity contribution in [1.29, 1.82) is 0 Å².